The normalized spacial score (nSPS) is 15.0. The Balaban J connectivity index is 1.60. The van der Waals surface area contributed by atoms with E-state index in [1.807, 2.05) is 31.2 Å². The van der Waals surface area contributed by atoms with Crippen LogP contribution in [0.4, 0.5) is 17.1 Å². The molecule has 0 saturated carbocycles. The van der Waals surface area contributed by atoms with Crippen LogP contribution in [0.3, 0.4) is 0 Å². The molecule has 4 nitrogen and oxygen atoms in total. The zero-order chi connectivity index (χ0) is 15.4. The van der Waals surface area contributed by atoms with Crippen LogP contribution in [0, 0.1) is 0 Å². The number of piperazine rings is 1. The van der Waals surface area contributed by atoms with Gasteiger partial charge in [0.25, 0.3) is 0 Å². The predicted octanol–water partition coefficient (Wildman–Crippen LogP) is 2.99. The smallest absolute Gasteiger partial charge is 0.119 e. The second-order valence-electron chi connectivity index (χ2n) is 5.49. The van der Waals surface area contributed by atoms with Crippen LogP contribution in [-0.4, -0.2) is 32.8 Å². The summed E-state index contributed by atoms with van der Waals surface area (Å²) in [5, 5.41) is 0. The maximum Gasteiger partial charge on any atom is 0.119 e. The van der Waals surface area contributed by atoms with Crippen molar-refractivity contribution in [1.82, 2.24) is 0 Å². The van der Waals surface area contributed by atoms with E-state index in [9.17, 15) is 0 Å². The van der Waals surface area contributed by atoms with Crippen molar-refractivity contribution < 1.29 is 4.74 Å². The first-order chi connectivity index (χ1) is 10.8. The first-order valence-corrected chi connectivity index (χ1v) is 7.84. The van der Waals surface area contributed by atoms with E-state index >= 15 is 0 Å². The second kappa shape index (κ2) is 6.60. The van der Waals surface area contributed by atoms with Gasteiger partial charge in [-0.3, -0.25) is 0 Å². The number of benzene rings is 2. The summed E-state index contributed by atoms with van der Waals surface area (Å²) in [7, 11) is 0. The lowest BCUT2D eigenvalue weighted by Gasteiger charge is -2.37. The van der Waals surface area contributed by atoms with Gasteiger partial charge in [-0.15, -0.1) is 0 Å². The Hall–Kier alpha value is -2.36. The molecule has 1 saturated heterocycles. The summed E-state index contributed by atoms with van der Waals surface area (Å²) in [4.78, 5) is 4.83. The van der Waals surface area contributed by atoms with E-state index < -0.39 is 0 Å². The molecule has 0 bridgehead atoms. The van der Waals surface area contributed by atoms with Crippen LogP contribution in [0.25, 0.3) is 0 Å². The molecule has 2 aromatic carbocycles. The van der Waals surface area contributed by atoms with Crippen LogP contribution in [0.1, 0.15) is 6.92 Å². The Morgan fingerprint density at radius 3 is 1.73 bits per heavy atom. The minimum Gasteiger partial charge on any atom is -0.494 e. The van der Waals surface area contributed by atoms with Crippen molar-refractivity contribution in [3.05, 3.63) is 48.5 Å². The second-order valence-corrected chi connectivity index (χ2v) is 5.49. The molecule has 1 aliphatic rings. The van der Waals surface area contributed by atoms with Crippen LogP contribution in [0.2, 0.25) is 0 Å². The van der Waals surface area contributed by atoms with E-state index in [0.29, 0.717) is 6.61 Å². The summed E-state index contributed by atoms with van der Waals surface area (Å²) in [6, 6.07) is 16.5. The van der Waals surface area contributed by atoms with Crippen molar-refractivity contribution in [3.63, 3.8) is 0 Å². The van der Waals surface area contributed by atoms with Gasteiger partial charge in [-0.05, 0) is 55.5 Å². The van der Waals surface area contributed by atoms with Crippen LogP contribution < -0.4 is 20.3 Å². The summed E-state index contributed by atoms with van der Waals surface area (Å²) in [6.07, 6.45) is 0. The SMILES string of the molecule is CCOc1ccc(N2CCN(c3ccc(N)cc3)CC2)cc1. The molecule has 1 aliphatic heterocycles. The number of hydrogen-bond donors (Lipinski definition) is 1. The molecule has 4 heteroatoms. The molecule has 0 aromatic heterocycles. The number of anilines is 3. The fraction of sp³-hybridized carbons (Fsp3) is 0.333. The van der Waals surface area contributed by atoms with Crippen molar-refractivity contribution in [3.8, 4) is 5.75 Å². The molecular weight excluding hydrogens is 274 g/mol. The molecule has 1 fully saturated rings. The number of rotatable bonds is 4. The van der Waals surface area contributed by atoms with Crippen LogP contribution >= 0.6 is 0 Å². The average molecular weight is 297 g/mol. The highest BCUT2D eigenvalue weighted by Crippen LogP contribution is 2.23. The van der Waals surface area contributed by atoms with Gasteiger partial charge in [-0.25, -0.2) is 0 Å². The highest BCUT2D eigenvalue weighted by atomic mass is 16.5. The number of nitrogen functional groups attached to an aromatic ring is 1. The van der Waals surface area contributed by atoms with E-state index in [-0.39, 0.29) is 0 Å². The number of ether oxygens (including phenoxy) is 1. The molecule has 0 amide bonds. The quantitative estimate of drug-likeness (QED) is 0.881. The first kappa shape index (κ1) is 14.6. The monoisotopic (exact) mass is 297 g/mol. The average Bonchev–Trinajstić information content (AvgIpc) is 2.57. The molecule has 0 aliphatic carbocycles. The number of hydrogen-bond acceptors (Lipinski definition) is 4. The van der Waals surface area contributed by atoms with E-state index in [4.69, 9.17) is 10.5 Å². The van der Waals surface area contributed by atoms with Gasteiger partial charge in [0.15, 0.2) is 0 Å². The van der Waals surface area contributed by atoms with Gasteiger partial charge in [-0.2, -0.15) is 0 Å². The molecule has 0 spiro atoms. The number of nitrogens with two attached hydrogens (primary N) is 1. The Morgan fingerprint density at radius 1 is 0.818 bits per heavy atom. The van der Waals surface area contributed by atoms with Gasteiger partial charge in [-0.1, -0.05) is 0 Å². The minimum atomic E-state index is 0.708. The first-order valence-electron chi connectivity index (χ1n) is 7.84. The third kappa shape index (κ3) is 3.27. The van der Waals surface area contributed by atoms with Gasteiger partial charge in [0.2, 0.25) is 0 Å². The van der Waals surface area contributed by atoms with Crippen LogP contribution in [0.5, 0.6) is 5.75 Å². The fourth-order valence-corrected chi connectivity index (χ4v) is 2.83. The molecule has 22 heavy (non-hydrogen) atoms. The molecule has 1 heterocycles. The molecule has 0 atom stereocenters. The third-order valence-corrected chi connectivity index (χ3v) is 4.05. The fourth-order valence-electron chi connectivity index (χ4n) is 2.83. The number of nitrogens with zero attached hydrogens (tertiary/aromatic N) is 2. The van der Waals surface area contributed by atoms with Crippen molar-refractivity contribution >= 4 is 17.1 Å². The third-order valence-electron chi connectivity index (χ3n) is 4.05. The lowest BCUT2D eigenvalue weighted by Crippen LogP contribution is -2.46. The van der Waals surface area contributed by atoms with Crippen molar-refractivity contribution in [1.29, 1.82) is 0 Å². The summed E-state index contributed by atoms with van der Waals surface area (Å²) in [6.45, 7) is 6.81. The summed E-state index contributed by atoms with van der Waals surface area (Å²) < 4.78 is 5.50. The van der Waals surface area contributed by atoms with Crippen LogP contribution in [-0.2, 0) is 0 Å². The predicted molar refractivity (Wildman–Crippen MR) is 92.9 cm³/mol. The van der Waals surface area contributed by atoms with E-state index in [0.717, 1.165) is 37.6 Å². The molecule has 0 radical (unpaired) electrons. The van der Waals surface area contributed by atoms with E-state index in [1.54, 1.807) is 0 Å². The highest BCUT2D eigenvalue weighted by molar-refractivity contribution is 5.55. The maximum absolute atomic E-state index is 5.75. The van der Waals surface area contributed by atoms with E-state index in [1.165, 1.54) is 11.4 Å². The lowest BCUT2D eigenvalue weighted by atomic mass is 10.2. The molecule has 0 unspecified atom stereocenters. The van der Waals surface area contributed by atoms with Crippen LogP contribution in [0.15, 0.2) is 48.5 Å². The topological polar surface area (TPSA) is 41.7 Å². The zero-order valence-corrected chi connectivity index (χ0v) is 13.0. The van der Waals surface area contributed by atoms with Gasteiger partial charge in [0.1, 0.15) is 5.75 Å². The molecule has 3 rings (SSSR count). The van der Waals surface area contributed by atoms with Crippen molar-refractivity contribution in [2.24, 2.45) is 0 Å². The van der Waals surface area contributed by atoms with Gasteiger partial charge >= 0.3 is 0 Å². The standard InChI is InChI=1S/C18H23N3O/c1-2-22-18-9-7-17(8-10-18)21-13-11-20(12-14-21)16-5-3-15(19)4-6-16/h3-10H,2,11-14,19H2,1H3. The Morgan fingerprint density at radius 2 is 1.27 bits per heavy atom. The van der Waals surface area contributed by atoms with E-state index in [2.05, 4.69) is 34.1 Å². The van der Waals surface area contributed by atoms with Gasteiger partial charge in [0.05, 0.1) is 6.61 Å². The lowest BCUT2D eigenvalue weighted by molar-refractivity contribution is 0.340. The highest BCUT2D eigenvalue weighted by Gasteiger charge is 2.17. The molecular formula is C18H23N3O. The summed E-state index contributed by atoms with van der Waals surface area (Å²) in [5.41, 5.74) is 9.08. The Bertz CT molecular complexity index is 587. The molecule has 2 N–H and O–H groups in total. The zero-order valence-electron chi connectivity index (χ0n) is 13.0. The molecule has 116 valence electrons. The summed E-state index contributed by atoms with van der Waals surface area (Å²) >= 11 is 0. The minimum absolute atomic E-state index is 0.708. The Kier molecular flexibility index (Phi) is 4.37. The summed E-state index contributed by atoms with van der Waals surface area (Å²) in [5.74, 6) is 0.937. The molecule has 2 aromatic rings. The largest absolute Gasteiger partial charge is 0.494 e. The van der Waals surface area contributed by atoms with Crippen molar-refractivity contribution in [2.75, 3.05) is 48.3 Å². The maximum atomic E-state index is 5.75. The van der Waals surface area contributed by atoms with Gasteiger partial charge in [0, 0.05) is 43.2 Å². The van der Waals surface area contributed by atoms with Crippen molar-refractivity contribution in [2.45, 2.75) is 6.92 Å². The van der Waals surface area contributed by atoms with Gasteiger partial charge < -0.3 is 20.3 Å². The Labute approximate surface area is 132 Å².